The second-order valence-corrected chi connectivity index (χ2v) is 9.27. The molecule has 0 aromatic heterocycles. The zero-order valence-electron chi connectivity index (χ0n) is 16.0. The van der Waals surface area contributed by atoms with Gasteiger partial charge >= 0.3 is 6.16 Å². The lowest BCUT2D eigenvalue weighted by atomic mass is 9.47. The monoisotopic (exact) mass is 362 g/mol. The van der Waals surface area contributed by atoms with Crippen molar-refractivity contribution in [2.45, 2.75) is 71.0 Å². The Hall–Kier alpha value is -1.36. The number of methoxy groups -OCH3 is 1. The van der Waals surface area contributed by atoms with E-state index >= 15 is 0 Å². The number of Topliss-reactive ketones (excluding diaryl/α,β-unsaturated/α-hetero) is 1. The summed E-state index contributed by atoms with van der Waals surface area (Å²) in [6.07, 6.45) is 6.69. The molecule has 0 radical (unpaired) electrons. The summed E-state index contributed by atoms with van der Waals surface area (Å²) >= 11 is 0. The molecule has 0 amide bonds. The maximum Gasteiger partial charge on any atom is 0.508 e. The highest BCUT2D eigenvalue weighted by Crippen LogP contribution is 2.64. The maximum atomic E-state index is 12.5. The predicted molar refractivity (Wildman–Crippen MR) is 95.4 cm³/mol. The van der Waals surface area contributed by atoms with Gasteiger partial charge < -0.3 is 14.6 Å². The molecule has 5 heteroatoms. The standard InChI is InChI=1S/C21H30O5/c1-20-9-8-13(26-19(24)25-3)10-12(20)4-5-14-15-6-7-17(23)21(15,2)11-16(22)18(14)20/h4,13-16,18,22H,5-11H2,1-3H3/t13-,14?,15?,16+,18?,20-,21-/m0/s1. The summed E-state index contributed by atoms with van der Waals surface area (Å²) in [6.45, 7) is 4.35. The van der Waals surface area contributed by atoms with Crippen molar-refractivity contribution in [1.82, 2.24) is 0 Å². The van der Waals surface area contributed by atoms with E-state index in [1.54, 1.807) is 0 Å². The first-order valence-corrected chi connectivity index (χ1v) is 9.95. The first kappa shape index (κ1) is 18.0. The van der Waals surface area contributed by atoms with Crippen LogP contribution in [0.15, 0.2) is 11.6 Å². The molecule has 3 saturated carbocycles. The Morgan fingerprint density at radius 2 is 2.04 bits per heavy atom. The van der Waals surface area contributed by atoms with Crippen LogP contribution < -0.4 is 0 Å². The molecular weight excluding hydrogens is 332 g/mol. The van der Waals surface area contributed by atoms with Crippen LogP contribution in [0.5, 0.6) is 0 Å². The van der Waals surface area contributed by atoms with Gasteiger partial charge in [0.15, 0.2) is 0 Å². The van der Waals surface area contributed by atoms with E-state index in [1.165, 1.54) is 12.7 Å². The van der Waals surface area contributed by atoms with Crippen molar-refractivity contribution < 1.29 is 24.2 Å². The number of hydrogen-bond donors (Lipinski definition) is 1. The normalized spacial score (nSPS) is 47.3. The van der Waals surface area contributed by atoms with E-state index in [2.05, 4.69) is 24.7 Å². The Morgan fingerprint density at radius 1 is 1.27 bits per heavy atom. The van der Waals surface area contributed by atoms with Crippen LogP contribution in [0.4, 0.5) is 4.79 Å². The van der Waals surface area contributed by atoms with E-state index in [0.717, 1.165) is 32.1 Å². The van der Waals surface area contributed by atoms with Crippen LogP contribution >= 0.6 is 0 Å². The van der Waals surface area contributed by atoms with Gasteiger partial charge in [-0.25, -0.2) is 4.79 Å². The highest BCUT2D eigenvalue weighted by atomic mass is 16.7. The number of carbonyl (C=O) groups is 2. The third-order valence-electron chi connectivity index (χ3n) is 8.13. The Labute approximate surface area is 155 Å². The van der Waals surface area contributed by atoms with Crippen LogP contribution in [0.2, 0.25) is 0 Å². The van der Waals surface area contributed by atoms with Crippen molar-refractivity contribution in [1.29, 1.82) is 0 Å². The van der Waals surface area contributed by atoms with Gasteiger partial charge in [-0.1, -0.05) is 25.5 Å². The predicted octanol–water partition coefficient (Wildman–Crippen LogP) is 3.64. The van der Waals surface area contributed by atoms with Crippen LogP contribution in [0, 0.1) is 28.6 Å². The highest BCUT2D eigenvalue weighted by molar-refractivity contribution is 5.87. The van der Waals surface area contributed by atoms with E-state index in [-0.39, 0.29) is 22.9 Å². The zero-order chi connectivity index (χ0) is 18.7. The van der Waals surface area contributed by atoms with E-state index in [1.807, 2.05) is 0 Å². The van der Waals surface area contributed by atoms with Crippen LogP contribution in [0.3, 0.4) is 0 Å². The smallest absolute Gasteiger partial charge is 0.438 e. The largest absolute Gasteiger partial charge is 0.508 e. The number of ketones is 1. The van der Waals surface area contributed by atoms with Crippen molar-refractivity contribution in [2.75, 3.05) is 7.11 Å². The van der Waals surface area contributed by atoms with Crippen molar-refractivity contribution in [3.8, 4) is 0 Å². The molecule has 0 aromatic rings. The van der Waals surface area contributed by atoms with Gasteiger partial charge in [0.25, 0.3) is 0 Å². The van der Waals surface area contributed by atoms with Crippen LogP contribution in [-0.4, -0.2) is 36.4 Å². The van der Waals surface area contributed by atoms with E-state index in [9.17, 15) is 14.7 Å². The number of allylic oxidation sites excluding steroid dienone is 1. The molecule has 4 rings (SSSR count). The molecule has 0 heterocycles. The maximum absolute atomic E-state index is 12.5. The highest BCUT2D eigenvalue weighted by Gasteiger charge is 2.61. The Balaban J connectivity index is 1.61. The number of rotatable bonds is 1. The minimum absolute atomic E-state index is 0.0642. The molecular formula is C21H30O5. The fourth-order valence-electron chi connectivity index (χ4n) is 6.82. The molecule has 0 aliphatic heterocycles. The second kappa shape index (κ2) is 6.08. The molecule has 0 bridgehead atoms. The Kier molecular flexibility index (Phi) is 4.22. The van der Waals surface area contributed by atoms with Crippen LogP contribution in [-0.2, 0) is 14.3 Å². The molecule has 26 heavy (non-hydrogen) atoms. The molecule has 5 nitrogen and oxygen atoms in total. The minimum atomic E-state index is -0.620. The van der Waals surface area contributed by atoms with Crippen LogP contribution in [0.25, 0.3) is 0 Å². The Bertz CT molecular complexity index is 655. The summed E-state index contributed by atoms with van der Waals surface area (Å²) in [5, 5.41) is 11.1. The van der Waals surface area contributed by atoms with Crippen molar-refractivity contribution >= 4 is 11.9 Å². The van der Waals surface area contributed by atoms with Gasteiger partial charge in [0.1, 0.15) is 11.9 Å². The number of ether oxygens (including phenoxy) is 2. The molecule has 4 aliphatic carbocycles. The van der Waals surface area contributed by atoms with Gasteiger partial charge in [0.05, 0.1) is 13.2 Å². The lowest BCUT2D eigenvalue weighted by molar-refractivity contribution is -0.145. The third-order valence-corrected chi connectivity index (χ3v) is 8.13. The zero-order valence-corrected chi connectivity index (χ0v) is 16.0. The SMILES string of the molecule is COC(=O)O[C@H]1CC[C@@]2(C)C(=CCC3C2[C@H](O)C[C@]2(C)C(=O)CCC32)C1. The number of fused-ring (bicyclic) bond motifs is 5. The fourth-order valence-corrected chi connectivity index (χ4v) is 6.82. The Morgan fingerprint density at radius 3 is 2.77 bits per heavy atom. The van der Waals surface area contributed by atoms with Gasteiger partial charge in [0, 0.05) is 18.3 Å². The van der Waals surface area contributed by atoms with Gasteiger partial charge in [-0.2, -0.15) is 0 Å². The summed E-state index contributed by atoms with van der Waals surface area (Å²) < 4.78 is 10.0. The molecule has 7 atom stereocenters. The molecule has 144 valence electrons. The number of aliphatic hydroxyl groups is 1. The summed E-state index contributed by atoms with van der Waals surface area (Å²) in [6, 6.07) is 0. The lowest BCUT2D eigenvalue weighted by Crippen LogP contribution is -2.56. The first-order chi connectivity index (χ1) is 12.3. The van der Waals surface area contributed by atoms with E-state index in [0.29, 0.717) is 30.5 Å². The molecule has 4 aliphatic rings. The van der Waals surface area contributed by atoms with Gasteiger partial charge in [-0.3, -0.25) is 4.79 Å². The topological polar surface area (TPSA) is 72.8 Å². The van der Waals surface area contributed by atoms with E-state index < -0.39 is 12.3 Å². The van der Waals surface area contributed by atoms with E-state index in [4.69, 9.17) is 4.74 Å². The molecule has 1 N–H and O–H groups in total. The number of carbonyl (C=O) groups excluding carboxylic acids is 2. The average Bonchev–Trinajstić information content (AvgIpc) is 2.89. The molecule has 0 spiro atoms. The number of aliphatic hydroxyl groups excluding tert-OH is 1. The minimum Gasteiger partial charge on any atom is -0.438 e. The molecule has 3 unspecified atom stereocenters. The van der Waals surface area contributed by atoms with Crippen molar-refractivity contribution in [3.63, 3.8) is 0 Å². The van der Waals surface area contributed by atoms with Gasteiger partial charge in [-0.15, -0.1) is 0 Å². The average molecular weight is 362 g/mol. The first-order valence-electron chi connectivity index (χ1n) is 9.95. The summed E-state index contributed by atoms with van der Waals surface area (Å²) in [7, 11) is 1.33. The van der Waals surface area contributed by atoms with Crippen molar-refractivity contribution in [3.05, 3.63) is 11.6 Å². The van der Waals surface area contributed by atoms with Crippen molar-refractivity contribution in [2.24, 2.45) is 28.6 Å². The molecule has 0 saturated heterocycles. The van der Waals surface area contributed by atoms with Gasteiger partial charge in [0.2, 0.25) is 0 Å². The summed E-state index contributed by atoms with van der Waals surface area (Å²) in [5.41, 5.74) is 0.907. The fraction of sp³-hybridized carbons (Fsp3) is 0.810. The number of hydrogen-bond acceptors (Lipinski definition) is 5. The summed E-state index contributed by atoms with van der Waals surface area (Å²) in [4.78, 5) is 24.0. The quantitative estimate of drug-likeness (QED) is 0.569. The molecule has 3 fully saturated rings. The lowest BCUT2D eigenvalue weighted by Gasteiger charge is -2.58. The second-order valence-electron chi connectivity index (χ2n) is 9.27. The third kappa shape index (κ3) is 2.46. The van der Waals surface area contributed by atoms with Gasteiger partial charge in [-0.05, 0) is 55.3 Å². The molecule has 0 aromatic carbocycles. The van der Waals surface area contributed by atoms with Crippen LogP contribution in [0.1, 0.15) is 58.8 Å². The summed E-state index contributed by atoms with van der Waals surface area (Å²) in [5.74, 6) is 1.31.